The number of piperidine rings is 1. The summed E-state index contributed by atoms with van der Waals surface area (Å²) in [6.07, 6.45) is 2.32. The number of nitrogens with one attached hydrogen (secondary N) is 2. The molecule has 1 aromatic carbocycles. The minimum absolute atomic E-state index is 0.208. The zero-order valence-electron chi connectivity index (χ0n) is 20.3. The summed E-state index contributed by atoms with van der Waals surface area (Å²) in [4.78, 5) is 52.7. The van der Waals surface area contributed by atoms with E-state index in [9.17, 15) is 19.2 Å². The summed E-state index contributed by atoms with van der Waals surface area (Å²) < 4.78 is 12.5. The second kappa shape index (κ2) is 10.9. The molecule has 0 bridgehead atoms. The lowest BCUT2D eigenvalue weighted by Gasteiger charge is -2.24. The fourth-order valence-corrected chi connectivity index (χ4v) is 3.96. The molecule has 10 heteroatoms. The largest absolute Gasteiger partial charge is 0.444 e. The Kier molecular flexibility index (Phi) is 8.14. The van der Waals surface area contributed by atoms with Gasteiger partial charge >= 0.3 is 11.8 Å². The van der Waals surface area contributed by atoms with Crippen molar-refractivity contribution in [2.75, 3.05) is 26.8 Å². The Morgan fingerprint density at radius 3 is 2.62 bits per heavy atom. The van der Waals surface area contributed by atoms with Crippen molar-refractivity contribution in [1.82, 2.24) is 19.8 Å². The highest BCUT2D eigenvalue weighted by Crippen LogP contribution is 2.24. The molecule has 186 valence electrons. The number of hydrogen-bond donors (Lipinski definition) is 2. The van der Waals surface area contributed by atoms with Gasteiger partial charge in [-0.2, -0.15) is 0 Å². The van der Waals surface area contributed by atoms with E-state index in [0.29, 0.717) is 50.1 Å². The van der Waals surface area contributed by atoms with Gasteiger partial charge in [0.25, 0.3) is 0 Å². The molecule has 0 aliphatic carbocycles. The molecule has 1 saturated heterocycles. The summed E-state index contributed by atoms with van der Waals surface area (Å²) in [6.45, 7) is 7.12. The molecule has 1 fully saturated rings. The van der Waals surface area contributed by atoms with Crippen molar-refractivity contribution in [2.45, 2.75) is 64.5 Å². The van der Waals surface area contributed by atoms with Gasteiger partial charge in [0.2, 0.25) is 11.8 Å². The van der Waals surface area contributed by atoms with Gasteiger partial charge in [0, 0.05) is 33.2 Å². The van der Waals surface area contributed by atoms with E-state index in [0.717, 1.165) is 12.0 Å². The summed E-state index contributed by atoms with van der Waals surface area (Å²) in [5, 5.41) is 2.31. The Morgan fingerprint density at radius 1 is 1.18 bits per heavy atom. The third-order valence-electron chi connectivity index (χ3n) is 5.58. The molecule has 34 heavy (non-hydrogen) atoms. The number of H-pyrrole nitrogens is 1. The van der Waals surface area contributed by atoms with Crippen LogP contribution in [0.3, 0.4) is 0 Å². The smallest absolute Gasteiger partial charge is 0.410 e. The number of aromatic amines is 1. The van der Waals surface area contributed by atoms with Crippen molar-refractivity contribution in [2.24, 2.45) is 0 Å². The first-order valence-electron chi connectivity index (χ1n) is 11.6. The summed E-state index contributed by atoms with van der Waals surface area (Å²) in [5.41, 5.74) is 1.45. The maximum absolute atomic E-state index is 12.6. The molecule has 3 amide bonds. The van der Waals surface area contributed by atoms with Gasteiger partial charge in [-0.3, -0.25) is 19.5 Å². The number of fused-ring (bicyclic) bond motifs is 1. The van der Waals surface area contributed by atoms with E-state index in [-0.39, 0.29) is 24.1 Å². The third kappa shape index (κ3) is 6.47. The second-order valence-corrected chi connectivity index (χ2v) is 9.55. The number of imide groups is 1. The number of ether oxygens (including phenoxy) is 2. The standard InChI is InChI=1S/C24H34N4O6/c1-24(2,3)34-23(32)27(4)13-7-15-33-14-6-9-16-8-5-10-17-20(16)26-22(31)28(17)18-11-12-19(29)25-21(18)30/h5,8,10,18H,6-7,9,11-15H2,1-4H3,(H,26,31)(H,25,29,30). The average molecular weight is 475 g/mol. The monoisotopic (exact) mass is 474 g/mol. The molecular formula is C24H34N4O6. The normalized spacial score (nSPS) is 16.5. The van der Waals surface area contributed by atoms with Gasteiger partial charge in [0.05, 0.1) is 11.0 Å². The highest BCUT2D eigenvalue weighted by Gasteiger charge is 2.30. The van der Waals surface area contributed by atoms with Gasteiger partial charge in [0.15, 0.2) is 0 Å². The van der Waals surface area contributed by atoms with Crippen LogP contribution in [0.15, 0.2) is 23.0 Å². The van der Waals surface area contributed by atoms with E-state index in [1.807, 2.05) is 32.9 Å². The quantitative estimate of drug-likeness (QED) is 0.425. The van der Waals surface area contributed by atoms with Crippen LogP contribution in [0.25, 0.3) is 11.0 Å². The highest BCUT2D eigenvalue weighted by molar-refractivity contribution is 6.00. The number of rotatable bonds is 9. The molecule has 1 aromatic heterocycles. The van der Waals surface area contributed by atoms with E-state index >= 15 is 0 Å². The van der Waals surface area contributed by atoms with Gasteiger partial charge in [-0.1, -0.05) is 12.1 Å². The highest BCUT2D eigenvalue weighted by atomic mass is 16.6. The number of aromatic nitrogens is 2. The van der Waals surface area contributed by atoms with Crippen LogP contribution in [0.5, 0.6) is 0 Å². The fourth-order valence-electron chi connectivity index (χ4n) is 3.96. The Labute approximate surface area is 198 Å². The average Bonchev–Trinajstić information content (AvgIpc) is 3.08. The number of para-hydroxylation sites is 1. The second-order valence-electron chi connectivity index (χ2n) is 9.55. The van der Waals surface area contributed by atoms with Crippen LogP contribution in [0.1, 0.15) is 58.1 Å². The van der Waals surface area contributed by atoms with Crippen LogP contribution in [0, 0.1) is 0 Å². The van der Waals surface area contributed by atoms with Crippen LogP contribution in [-0.4, -0.2) is 64.8 Å². The summed E-state index contributed by atoms with van der Waals surface area (Å²) >= 11 is 0. The number of nitrogens with zero attached hydrogens (tertiary/aromatic N) is 2. The molecule has 10 nitrogen and oxygen atoms in total. The predicted molar refractivity (Wildman–Crippen MR) is 127 cm³/mol. The molecule has 2 heterocycles. The van der Waals surface area contributed by atoms with Gasteiger partial charge < -0.3 is 19.4 Å². The molecule has 1 aliphatic heterocycles. The molecule has 2 N–H and O–H groups in total. The molecular weight excluding hydrogens is 440 g/mol. The van der Waals surface area contributed by atoms with Crippen LogP contribution in [-0.2, 0) is 25.5 Å². The Bertz CT molecular complexity index is 1100. The minimum atomic E-state index is -0.698. The zero-order chi connectivity index (χ0) is 24.9. The summed E-state index contributed by atoms with van der Waals surface area (Å²) in [7, 11) is 1.70. The van der Waals surface area contributed by atoms with E-state index in [1.165, 1.54) is 4.57 Å². The van der Waals surface area contributed by atoms with E-state index in [2.05, 4.69) is 10.3 Å². The van der Waals surface area contributed by atoms with E-state index in [4.69, 9.17) is 9.47 Å². The van der Waals surface area contributed by atoms with Crippen LogP contribution in [0.4, 0.5) is 4.79 Å². The third-order valence-corrected chi connectivity index (χ3v) is 5.58. The van der Waals surface area contributed by atoms with Crippen LogP contribution >= 0.6 is 0 Å². The van der Waals surface area contributed by atoms with Crippen molar-refractivity contribution in [3.05, 3.63) is 34.2 Å². The van der Waals surface area contributed by atoms with Gasteiger partial charge in [0.1, 0.15) is 11.6 Å². The lowest BCUT2D eigenvalue weighted by molar-refractivity contribution is -0.135. The van der Waals surface area contributed by atoms with E-state index in [1.54, 1.807) is 18.0 Å². The maximum Gasteiger partial charge on any atom is 0.410 e. The number of hydrogen-bond acceptors (Lipinski definition) is 6. The number of imidazole rings is 1. The summed E-state index contributed by atoms with van der Waals surface area (Å²) in [5.74, 6) is -0.762. The first-order valence-corrected chi connectivity index (χ1v) is 11.6. The van der Waals surface area contributed by atoms with Crippen molar-refractivity contribution in [3.63, 3.8) is 0 Å². The van der Waals surface area contributed by atoms with Gasteiger partial charge in [-0.25, -0.2) is 9.59 Å². The first kappa shape index (κ1) is 25.5. The van der Waals surface area contributed by atoms with Crippen LogP contribution in [0.2, 0.25) is 0 Å². The number of carbonyl (C=O) groups excluding carboxylic acids is 3. The SMILES string of the molecule is CN(CCCOCCCc1cccc2c1[nH]c(=O)n2C1CCC(=O)NC1=O)C(=O)OC(C)(C)C. The zero-order valence-corrected chi connectivity index (χ0v) is 20.3. The topological polar surface area (TPSA) is 123 Å². The fraction of sp³-hybridized carbons (Fsp3) is 0.583. The molecule has 0 saturated carbocycles. The Morgan fingerprint density at radius 2 is 1.91 bits per heavy atom. The molecule has 1 atom stereocenters. The molecule has 2 aromatic rings. The lowest BCUT2D eigenvalue weighted by atomic mass is 10.0. The lowest BCUT2D eigenvalue weighted by Crippen LogP contribution is -2.43. The van der Waals surface area contributed by atoms with Crippen molar-refractivity contribution < 1.29 is 23.9 Å². The Hall–Kier alpha value is -3.14. The Balaban J connectivity index is 1.48. The van der Waals surface area contributed by atoms with Crippen molar-refractivity contribution >= 4 is 28.9 Å². The number of amides is 3. The molecule has 3 rings (SSSR count). The van der Waals surface area contributed by atoms with Gasteiger partial charge in [-0.15, -0.1) is 0 Å². The maximum atomic E-state index is 12.6. The molecule has 1 unspecified atom stereocenters. The van der Waals surface area contributed by atoms with Gasteiger partial charge in [-0.05, 0) is 58.1 Å². The molecule has 0 spiro atoms. The minimum Gasteiger partial charge on any atom is -0.444 e. The number of aryl methyl sites for hydroxylation is 1. The number of benzene rings is 1. The molecule has 1 aliphatic rings. The van der Waals surface area contributed by atoms with E-state index < -0.39 is 17.6 Å². The molecule has 0 radical (unpaired) electrons. The first-order chi connectivity index (χ1) is 16.1. The van der Waals surface area contributed by atoms with Crippen molar-refractivity contribution in [1.29, 1.82) is 0 Å². The van der Waals surface area contributed by atoms with Crippen LogP contribution < -0.4 is 11.0 Å². The summed E-state index contributed by atoms with van der Waals surface area (Å²) in [6, 6.07) is 4.91. The number of carbonyl (C=O) groups is 3. The predicted octanol–water partition coefficient (Wildman–Crippen LogP) is 2.51. The van der Waals surface area contributed by atoms with Crippen molar-refractivity contribution in [3.8, 4) is 0 Å².